The summed E-state index contributed by atoms with van der Waals surface area (Å²) in [4.78, 5) is 6.70. The number of hydrogen-bond donors (Lipinski definition) is 0. The van der Waals surface area contributed by atoms with Crippen LogP contribution in [0.1, 0.15) is 16.8 Å². The number of rotatable bonds is 6. The van der Waals surface area contributed by atoms with Crippen LogP contribution >= 0.6 is 23.2 Å². The fourth-order valence-electron chi connectivity index (χ4n) is 2.63. The minimum atomic E-state index is 0.466. The van der Waals surface area contributed by atoms with Crippen molar-refractivity contribution in [3.05, 3.63) is 99.8 Å². The summed E-state index contributed by atoms with van der Waals surface area (Å²) in [5.41, 5.74) is 3.31. The van der Waals surface area contributed by atoms with Crippen molar-refractivity contribution in [1.82, 2.24) is 9.88 Å². The number of hydrogen-bond acceptors (Lipinski definition) is 2. The number of aromatic nitrogens is 1. The van der Waals surface area contributed by atoms with E-state index in [1.807, 2.05) is 12.1 Å². The highest BCUT2D eigenvalue weighted by Crippen LogP contribution is 2.20. The third-order valence-corrected chi connectivity index (χ3v) is 4.31. The molecular formula is C20H18Cl2N2. The molecule has 0 saturated heterocycles. The molecule has 4 heteroatoms. The summed E-state index contributed by atoms with van der Waals surface area (Å²) in [5.74, 6) is 0. The Hall–Kier alpha value is -1.87. The molecule has 0 fully saturated rings. The van der Waals surface area contributed by atoms with Gasteiger partial charge in [0.25, 0.3) is 0 Å². The minimum Gasteiger partial charge on any atom is -0.289 e. The predicted octanol–water partition coefficient (Wildman–Crippen LogP) is 5.59. The fraction of sp³-hybridized carbons (Fsp3) is 0.150. The molecule has 0 bridgehead atoms. The standard InChI is InChI=1S/C20H18Cl2N2/c21-18-11-12-20(22)23-19(18)15-24(13-16-7-3-1-4-8-16)14-17-9-5-2-6-10-17/h1-12H,13-15H2. The zero-order valence-corrected chi connectivity index (χ0v) is 14.7. The first-order valence-electron chi connectivity index (χ1n) is 7.82. The first-order chi connectivity index (χ1) is 11.7. The topological polar surface area (TPSA) is 16.1 Å². The van der Waals surface area contributed by atoms with Gasteiger partial charge in [-0.3, -0.25) is 4.90 Å². The summed E-state index contributed by atoms with van der Waals surface area (Å²) in [6, 6.07) is 24.3. The van der Waals surface area contributed by atoms with E-state index in [1.54, 1.807) is 12.1 Å². The van der Waals surface area contributed by atoms with Gasteiger partial charge in [-0.1, -0.05) is 83.9 Å². The van der Waals surface area contributed by atoms with Crippen LogP contribution in [0.5, 0.6) is 0 Å². The molecule has 1 heterocycles. The van der Waals surface area contributed by atoms with Crippen LogP contribution in [0.4, 0.5) is 0 Å². The van der Waals surface area contributed by atoms with Crippen LogP contribution in [0.2, 0.25) is 10.2 Å². The zero-order chi connectivity index (χ0) is 16.8. The molecule has 2 aromatic carbocycles. The summed E-state index contributed by atoms with van der Waals surface area (Å²) in [5, 5.41) is 1.11. The number of nitrogens with zero attached hydrogens (tertiary/aromatic N) is 2. The molecule has 122 valence electrons. The molecule has 3 rings (SSSR count). The van der Waals surface area contributed by atoms with E-state index < -0.39 is 0 Å². The molecule has 3 aromatic rings. The van der Waals surface area contributed by atoms with Crippen LogP contribution < -0.4 is 0 Å². The molecule has 0 amide bonds. The van der Waals surface area contributed by atoms with Gasteiger partial charge in [-0.2, -0.15) is 0 Å². The highest BCUT2D eigenvalue weighted by atomic mass is 35.5. The number of halogens is 2. The molecule has 0 aliphatic heterocycles. The molecule has 0 aliphatic rings. The van der Waals surface area contributed by atoms with Gasteiger partial charge in [0, 0.05) is 19.6 Å². The highest BCUT2D eigenvalue weighted by molar-refractivity contribution is 6.32. The average molecular weight is 357 g/mol. The van der Waals surface area contributed by atoms with Crippen LogP contribution in [-0.4, -0.2) is 9.88 Å². The normalized spacial score (nSPS) is 11.0. The Balaban J connectivity index is 1.82. The third-order valence-electron chi connectivity index (χ3n) is 3.76. The lowest BCUT2D eigenvalue weighted by molar-refractivity contribution is 0.245. The van der Waals surface area contributed by atoms with E-state index in [2.05, 4.69) is 58.4 Å². The summed E-state index contributed by atoms with van der Waals surface area (Å²) < 4.78 is 0. The lowest BCUT2D eigenvalue weighted by Crippen LogP contribution is -2.23. The Kier molecular flexibility index (Phi) is 5.86. The van der Waals surface area contributed by atoms with E-state index in [9.17, 15) is 0 Å². The van der Waals surface area contributed by atoms with Crippen molar-refractivity contribution < 1.29 is 0 Å². The second-order valence-electron chi connectivity index (χ2n) is 5.68. The minimum absolute atomic E-state index is 0.466. The van der Waals surface area contributed by atoms with Crippen molar-refractivity contribution in [3.63, 3.8) is 0 Å². The maximum absolute atomic E-state index is 6.30. The van der Waals surface area contributed by atoms with Crippen molar-refractivity contribution >= 4 is 23.2 Å². The fourth-order valence-corrected chi connectivity index (χ4v) is 2.96. The van der Waals surface area contributed by atoms with Gasteiger partial charge >= 0.3 is 0 Å². The summed E-state index contributed by atoms with van der Waals surface area (Å²) in [6.45, 7) is 2.28. The maximum Gasteiger partial charge on any atom is 0.129 e. The Morgan fingerprint density at radius 2 is 1.21 bits per heavy atom. The molecule has 0 spiro atoms. The van der Waals surface area contributed by atoms with Gasteiger partial charge in [0.1, 0.15) is 5.15 Å². The maximum atomic E-state index is 6.30. The van der Waals surface area contributed by atoms with Gasteiger partial charge in [0.15, 0.2) is 0 Å². The molecule has 0 N–H and O–H groups in total. The molecule has 0 aliphatic carbocycles. The lowest BCUT2D eigenvalue weighted by atomic mass is 10.1. The smallest absolute Gasteiger partial charge is 0.129 e. The van der Waals surface area contributed by atoms with Gasteiger partial charge in [0.2, 0.25) is 0 Å². The molecule has 0 saturated carbocycles. The second-order valence-corrected chi connectivity index (χ2v) is 6.47. The molecule has 24 heavy (non-hydrogen) atoms. The Morgan fingerprint density at radius 3 is 1.75 bits per heavy atom. The van der Waals surface area contributed by atoms with E-state index >= 15 is 0 Å². The molecule has 1 aromatic heterocycles. The molecule has 0 unspecified atom stereocenters. The largest absolute Gasteiger partial charge is 0.289 e. The first kappa shape index (κ1) is 17.0. The molecule has 0 radical (unpaired) electrons. The van der Waals surface area contributed by atoms with Crippen molar-refractivity contribution in [3.8, 4) is 0 Å². The van der Waals surface area contributed by atoms with Crippen molar-refractivity contribution in [2.24, 2.45) is 0 Å². The Morgan fingerprint density at radius 1 is 0.667 bits per heavy atom. The van der Waals surface area contributed by atoms with E-state index in [0.717, 1.165) is 18.8 Å². The summed E-state index contributed by atoms with van der Waals surface area (Å²) in [7, 11) is 0. The van der Waals surface area contributed by atoms with Crippen molar-refractivity contribution in [2.45, 2.75) is 19.6 Å². The van der Waals surface area contributed by atoms with Crippen LogP contribution in [0.15, 0.2) is 72.8 Å². The van der Waals surface area contributed by atoms with Crippen molar-refractivity contribution in [2.75, 3.05) is 0 Å². The highest BCUT2D eigenvalue weighted by Gasteiger charge is 2.12. The summed E-state index contributed by atoms with van der Waals surface area (Å²) in [6.07, 6.45) is 0. The van der Waals surface area contributed by atoms with Gasteiger partial charge in [0.05, 0.1) is 10.7 Å². The molecule has 2 nitrogen and oxygen atoms in total. The molecular weight excluding hydrogens is 339 g/mol. The zero-order valence-electron chi connectivity index (χ0n) is 13.2. The van der Waals surface area contributed by atoms with E-state index in [0.29, 0.717) is 16.7 Å². The predicted molar refractivity (Wildman–Crippen MR) is 100 cm³/mol. The van der Waals surface area contributed by atoms with Gasteiger partial charge < -0.3 is 0 Å². The quantitative estimate of drug-likeness (QED) is 0.535. The Labute approximate surface area is 152 Å². The van der Waals surface area contributed by atoms with Gasteiger partial charge in [-0.15, -0.1) is 0 Å². The van der Waals surface area contributed by atoms with E-state index in [-0.39, 0.29) is 0 Å². The first-order valence-corrected chi connectivity index (χ1v) is 8.57. The Bertz CT molecular complexity index is 735. The van der Waals surface area contributed by atoms with Crippen LogP contribution in [0.3, 0.4) is 0 Å². The average Bonchev–Trinajstić information content (AvgIpc) is 2.60. The van der Waals surface area contributed by atoms with Crippen LogP contribution in [-0.2, 0) is 19.6 Å². The third kappa shape index (κ3) is 4.81. The van der Waals surface area contributed by atoms with Crippen LogP contribution in [0.25, 0.3) is 0 Å². The van der Waals surface area contributed by atoms with E-state index in [4.69, 9.17) is 23.2 Å². The number of benzene rings is 2. The van der Waals surface area contributed by atoms with Gasteiger partial charge in [-0.05, 0) is 23.3 Å². The number of pyridine rings is 1. The molecule has 0 atom stereocenters. The van der Waals surface area contributed by atoms with E-state index in [1.165, 1.54) is 11.1 Å². The van der Waals surface area contributed by atoms with Crippen molar-refractivity contribution in [1.29, 1.82) is 0 Å². The van der Waals surface area contributed by atoms with Crippen LogP contribution in [0, 0.1) is 0 Å². The second kappa shape index (κ2) is 8.29. The monoisotopic (exact) mass is 356 g/mol. The summed E-state index contributed by atoms with van der Waals surface area (Å²) >= 11 is 12.3. The lowest BCUT2D eigenvalue weighted by Gasteiger charge is -2.23. The van der Waals surface area contributed by atoms with Gasteiger partial charge in [-0.25, -0.2) is 4.98 Å². The SMILES string of the molecule is Clc1ccc(Cl)c(CN(Cc2ccccc2)Cc2ccccc2)n1.